The summed E-state index contributed by atoms with van der Waals surface area (Å²) in [4.78, 5) is 19.6. The minimum Gasteiger partial charge on any atom is -0.481 e. The van der Waals surface area contributed by atoms with Crippen LogP contribution in [0.4, 0.5) is 0 Å². The van der Waals surface area contributed by atoms with Crippen LogP contribution in [0.25, 0.3) is 0 Å². The second-order valence-corrected chi connectivity index (χ2v) is 1.54. The van der Waals surface area contributed by atoms with Crippen LogP contribution in [0, 0.1) is 0 Å². The summed E-state index contributed by atoms with van der Waals surface area (Å²) in [5.41, 5.74) is 4.84. The number of nitrogens with two attached hydrogens (primary N) is 1. The van der Waals surface area contributed by atoms with Gasteiger partial charge in [-0.2, -0.15) is 0 Å². The molecule has 2 radical (unpaired) electrons. The molecule has 0 aromatic rings. The van der Waals surface area contributed by atoms with Gasteiger partial charge in [-0.05, 0) is 0 Å². The summed E-state index contributed by atoms with van der Waals surface area (Å²) < 4.78 is 0. The molecule has 0 aliphatic carbocycles. The second kappa shape index (κ2) is 5.22. The Morgan fingerprint density at radius 1 is 1.40 bits per heavy atom. The molecule has 10 heavy (non-hydrogen) atoms. The van der Waals surface area contributed by atoms with Crippen molar-refractivity contribution in [2.24, 2.45) is 5.73 Å². The molecule has 0 amide bonds. The number of rotatable bonds is 3. The standard InChI is InChI=1S/C4H7NO4.Se/c5-2(4(8)9)1-3(6)7;/h2H,1,5H2,(H,6,7)(H,8,9);/t2-;/m0./s1. The third-order valence-corrected chi connectivity index (χ3v) is 0.712. The van der Waals surface area contributed by atoms with Crippen LogP contribution in [0.5, 0.6) is 0 Å². The maximum atomic E-state index is 9.85. The molecule has 0 rings (SSSR count). The molecule has 6 heteroatoms. The van der Waals surface area contributed by atoms with E-state index in [9.17, 15) is 9.59 Å². The first-order valence-corrected chi connectivity index (χ1v) is 2.24. The van der Waals surface area contributed by atoms with E-state index in [-0.39, 0.29) is 17.1 Å². The third-order valence-electron chi connectivity index (χ3n) is 0.712. The van der Waals surface area contributed by atoms with Crippen LogP contribution in [0.2, 0.25) is 0 Å². The molecule has 0 unspecified atom stereocenters. The normalized spacial score (nSPS) is 11.3. The Hall–Kier alpha value is -0.581. The van der Waals surface area contributed by atoms with Crippen LogP contribution in [0.1, 0.15) is 6.42 Å². The predicted octanol–water partition coefficient (Wildman–Crippen LogP) is -1.51. The van der Waals surface area contributed by atoms with Crippen molar-refractivity contribution in [2.75, 3.05) is 0 Å². The Morgan fingerprint density at radius 2 is 1.80 bits per heavy atom. The van der Waals surface area contributed by atoms with Crippen molar-refractivity contribution in [2.45, 2.75) is 12.5 Å². The zero-order valence-electron chi connectivity index (χ0n) is 4.98. The topological polar surface area (TPSA) is 101 Å². The van der Waals surface area contributed by atoms with Gasteiger partial charge in [-0.3, -0.25) is 9.59 Å². The van der Waals surface area contributed by atoms with Gasteiger partial charge in [0.05, 0.1) is 6.42 Å². The van der Waals surface area contributed by atoms with E-state index in [0.717, 1.165) is 0 Å². The first-order chi connectivity index (χ1) is 4.04. The van der Waals surface area contributed by atoms with E-state index >= 15 is 0 Å². The van der Waals surface area contributed by atoms with Gasteiger partial charge >= 0.3 is 11.9 Å². The molecule has 0 saturated carbocycles. The van der Waals surface area contributed by atoms with Gasteiger partial charge in [0, 0.05) is 17.1 Å². The largest absolute Gasteiger partial charge is 0.481 e. The van der Waals surface area contributed by atoms with E-state index in [2.05, 4.69) is 0 Å². The summed E-state index contributed by atoms with van der Waals surface area (Å²) in [5.74, 6) is -2.50. The minimum atomic E-state index is -1.29. The Morgan fingerprint density at radius 3 is 1.90 bits per heavy atom. The molecule has 5 nitrogen and oxygen atoms in total. The predicted molar refractivity (Wildman–Crippen MR) is 33.6 cm³/mol. The monoisotopic (exact) mass is 213 g/mol. The van der Waals surface area contributed by atoms with Crippen LogP contribution in [0.15, 0.2) is 0 Å². The van der Waals surface area contributed by atoms with E-state index in [0.29, 0.717) is 0 Å². The average Bonchev–Trinajstić information content (AvgIpc) is 1.63. The second-order valence-electron chi connectivity index (χ2n) is 1.54. The van der Waals surface area contributed by atoms with Gasteiger partial charge < -0.3 is 15.9 Å². The van der Waals surface area contributed by atoms with E-state index in [1.807, 2.05) is 0 Å². The summed E-state index contributed by atoms with van der Waals surface area (Å²) in [6.45, 7) is 0. The van der Waals surface area contributed by atoms with Gasteiger partial charge in [-0.15, -0.1) is 0 Å². The molecule has 0 aliphatic heterocycles. The van der Waals surface area contributed by atoms with Crippen molar-refractivity contribution in [3.05, 3.63) is 0 Å². The summed E-state index contributed by atoms with van der Waals surface area (Å²) in [6.07, 6.45) is -0.532. The maximum Gasteiger partial charge on any atom is 0.321 e. The minimum absolute atomic E-state index is 0. The molecule has 0 aliphatic rings. The van der Waals surface area contributed by atoms with Gasteiger partial charge in [-0.25, -0.2) is 0 Å². The van der Waals surface area contributed by atoms with Gasteiger partial charge in [0.2, 0.25) is 0 Å². The number of hydrogen-bond acceptors (Lipinski definition) is 3. The van der Waals surface area contributed by atoms with E-state index in [1.54, 1.807) is 0 Å². The van der Waals surface area contributed by atoms with Gasteiger partial charge in [0.1, 0.15) is 6.04 Å². The Bertz CT molecular complexity index is 137. The Labute approximate surface area is 67.7 Å². The molecule has 1 atom stereocenters. The fourth-order valence-corrected chi connectivity index (χ4v) is 0.275. The van der Waals surface area contributed by atoms with Crippen LogP contribution in [-0.2, 0) is 9.59 Å². The zero-order valence-corrected chi connectivity index (χ0v) is 6.69. The molecule has 0 aromatic carbocycles. The van der Waals surface area contributed by atoms with Crippen molar-refractivity contribution >= 4 is 29.0 Å². The third kappa shape index (κ3) is 5.55. The molecular formula is C4H7NO4Se. The summed E-state index contributed by atoms with van der Waals surface area (Å²) in [6, 6.07) is -1.29. The van der Waals surface area contributed by atoms with Crippen molar-refractivity contribution in [3.8, 4) is 0 Å². The molecular weight excluding hydrogens is 205 g/mol. The molecule has 0 aromatic heterocycles. The fraction of sp³-hybridized carbons (Fsp3) is 0.500. The SMILES string of the molecule is N[C@@H](CC(=O)O)C(=O)O.[Se]. The van der Waals surface area contributed by atoms with Crippen molar-refractivity contribution in [3.63, 3.8) is 0 Å². The van der Waals surface area contributed by atoms with Crippen LogP contribution >= 0.6 is 0 Å². The molecule has 4 N–H and O–H groups in total. The van der Waals surface area contributed by atoms with Gasteiger partial charge in [0.25, 0.3) is 0 Å². The van der Waals surface area contributed by atoms with Crippen molar-refractivity contribution < 1.29 is 19.8 Å². The van der Waals surface area contributed by atoms with E-state index in [1.165, 1.54) is 0 Å². The van der Waals surface area contributed by atoms with Crippen molar-refractivity contribution in [1.82, 2.24) is 0 Å². The maximum absolute atomic E-state index is 9.85. The number of carboxylic acids is 2. The van der Waals surface area contributed by atoms with Crippen molar-refractivity contribution in [1.29, 1.82) is 0 Å². The number of carboxylic acid groups (broad SMARTS) is 2. The molecule has 0 bridgehead atoms. The Kier molecular flexibility index (Phi) is 6.34. The van der Waals surface area contributed by atoms with Crippen LogP contribution in [-0.4, -0.2) is 45.3 Å². The average molecular weight is 212 g/mol. The first-order valence-electron chi connectivity index (χ1n) is 2.24. The summed E-state index contributed by atoms with van der Waals surface area (Å²) >= 11 is 0. The molecule has 58 valence electrons. The summed E-state index contributed by atoms with van der Waals surface area (Å²) in [5, 5.41) is 16.0. The number of aliphatic carboxylic acids is 2. The summed E-state index contributed by atoms with van der Waals surface area (Å²) in [7, 11) is 0. The molecule has 0 heterocycles. The van der Waals surface area contributed by atoms with Gasteiger partial charge in [0.15, 0.2) is 0 Å². The smallest absolute Gasteiger partial charge is 0.321 e. The fourth-order valence-electron chi connectivity index (χ4n) is 0.275. The molecule has 0 fully saturated rings. The zero-order chi connectivity index (χ0) is 7.44. The van der Waals surface area contributed by atoms with Gasteiger partial charge in [-0.1, -0.05) is 0 Å². The first kappa shape index (κ1) is 12.1. The molecule has 0 saturated heterocycles. The molecule has 0 spiro atoms. The number of carbonyl (C=O) groups is 2. The quantitative estimate of drug-likeness (QED) is 0.494. The van der Waals surface area contributed by atoms with Crippen LogP contribution in [0.3, 0.4) is 0 Å². The van der Waals surface area contributed by atoms with E-state index < -0.39 is 24.4 Å². The number of hydrogen-bond donors (Lipinski definition) is 3. The Balaban J connectivity index is 0. The van der Waals surface area contributed by atoms with Crippen LogP contribution < -0.4 is 5.73 Å². The van der Waals surface area contributed by atoms with E-state index in [4.69, 9.17) is 15.9 Å².